The van der Waals surface area contributed by atoms with Crippen LogP contribution in [0.25, 0.3) is 0 Å². The summed E-state index contributed by atoms with van der Waals surface area (Å²) < 4.78 is 95.0. The van der Waals surface area contributed by atoms with E-state index in [2.05, 4.69) is 11.7 Å². The standard InChI is InChI=1S/C23H29F7O/c1-2-3-14-4-6-15(7-5-14)16-8-10-17(11-9-16)18-12-19(24)21(20(25)13-18)22(26,27)31-23(28,29)30/h12-17H,2-11H2,1H3. The van der Waals surface area contributed by atoms with Gasteiger partial charge in [0.05, 0.1) is 0 Å². The maximum atomic E-state index is 14.2. The molecule has 2 aliphatic carbocycles. The van der Waals surface area contributed by atoms with Gasteiger partial charge in [0.1, 0.15) is 17.2 Å². The molecule has 0 amide bonds. The Balaban J connectivity index is 1.62. The zero-order chi connectivity index (χ0) is 22.8. The Morgan fingerprint density at radius 1 is 0.806 bits per heavy atom. The summed E-state index contributed by atoms with van der Waals surface area (Å²) in [6, 6.07) is 1.46. The van der Waals surface area contributed by atoms with Crippen molar-refractivity contribution in [2.24, 2.45) is 17.8 Å². The number of rotatable bonds is 6. The maximum absolute atomic E-state index is 14.2. The van der Waals surface area contributed by atoms with Crippen LogP contribution >= 0.6 is 0 Å². The fourth-order valence-electron chi connectivity index (χ4n) is 5.58. The molecule has 176 valence electrons. The number of alkyl halides is 5. The summed E-state index contributed by atoms with van der Waals surface area (Å²) in [6.45, 7) is 2.20. The van der Waals surface area contributed by atoms with E-state index < -0.39 is 29.7 Å². The smallest absolute Gasteiger partial charge is 0.222 e. The quantitative estimate of drug-likeness (QED) is 0.392. The second-order valence-electron chi connectivity index (χ2n) is 9.11. The van der Waals surface area contributed by atoms with Gasteiger partial charge in [-0.1, -0.05) is 32.6 Å². The molecule has 0 spiro atoms. The third-order valence-corrected chi connectivity index (χ3v) is 7.10. The highest BCUT2D eigenvalue weighted by molar-refractivity contribution is 5.31. The van der Waals surface area contributed by atoms with E-state index in [0.717, 1.165) is 30.9 Å². The Kier molecular flexibility index (Phi) is 7.59. The molecular weight excluding hydrogens is 425 g/mol. The Morgan fingerprint density at radius 2 is 1.29 bits per heavy atom. The molecule has 2 saturated carbocycles. The molecule has 0 radical (unpaired) electrons. The molecule has 0 aliphatic heterocycles. The average molecular weight is 454 g/mol. The molecule has 8 heteroatoms. The van der Waals surface area contributed by atoms with Gasteiger partial charge in [-0.05, 0) is 79.9 Å². The first-order valence-electron chi connectivity index (χ1n) is 11.1. The summed E-state index contributed by atoms with van der Waals surface area (Å²) in [5.41, 5.74) is -1.79. The Morgan fingerprint density at radius 3 is 1.74 bits per heavy atom. The number of benzene rings is 1. The van der Waals surface area contributed by atoms with Gasteiger partial charge in [-0.2, -0.15) is 8.78 Å². The van der Waals surface area contributed by atoms with Crippen molar-refractivity contribution in [3.05, 3.63) is 34.9 Å². The van der Waals surface area contributed by atoms with Gasteiger partial charge >= 0.3 is 12.5 Å². The lowest BCUT2D eigenvalue weighted by molar-refractivity contribution is -0.432. The van der Waals surface area contributed by atoms with Crippen LogP contribution < -0.4 is 0 Å². The van der Waals surface area contributed by atoms with Crippen LogP contribution in [0.15, 0.2) is 12.1 Å². The van der Waals surface area contributed by atoms with Gasteiger partial charge in [-0.15, -0.1) is 13.2 Å². The van der Waals surface area contributed by atoms with Crippen LogP contribution in [0.1, 0.15) is 88.2 Å². The SMILES string of the molecule is CCCC1CCC(C2CCC(c3cc(F)c(C(F)(F)OC(F)(F)F)c(F)c3)CC2)CC1. The van der Waals surface area contributed by atoms with E-state index in [1.54, 1.807) is 0 Å². The van der Waals surface area contributed by atoms with Crippen molar-refractivity contribution in [3.8, 4) is 0 Å². The molecule has 2 aliphatic rings. The summed E-state index contributed by atoms with van der Waals surface area (Å²) >= 11 is 0. The maximum Gasteiger partial charge on any atom is 0.527 e. The minimum absolute atomic E-state index is 0.192. The van der Waals surface area contributed by atoms with Crippen molar-refractivity contribution in [1.82, 2.24) is 0 Å². The van der Waals surface area contributed by atoms with Gasteiger partial charge in [-0.25, -0.2) is 13.5 Å². The third kappa shape index (κ3) is 6.14. The van der Waals surface area contributed by atoms with Crippen molar-refractivity contribution >= 4 is 0 Å². The number of hydrogen-bond donors (Lipinski definition) is 0. The first-order valence-corrected chi connectivity index (χ1v) is 11.1. The van der Waals surface area contributed by atoms with E-state index in [9.17, 15) is 30.7 Å². The van der Waals surface area contributed by atoms with Gasteiger partial charge in [0.2, 0.25) is 0 Å². The van der Waals surface area contributed by atoms with Crippen LogP contribution in [-0.2, 0) is 10.8 Å². The minimum Gasteiger partial charge on any atom is -0.222 e. The van der Waals surface area contributed by atoms with Gasteiger partial charge in [0.25, 0.3) is 0 Å². The molecule has 1 nitrogen and oxygen atoms in total. The van der Waals surface area contributed by atoms with Crippen molar-refractivity contribution in [3.63, 3.8) is 0 Å². The van der Waals surface area contributed by atoms with E-state index in [1.807, 2.05) is 0 Å². The second kappa shape index (κ2) is 9.67. The summed E-state index contributed by atoms with van der Waals surface area (Å²) in [7, 11) is 0. The molecule has 3 rings (SSSR count). The predicted octanol–water partition coefficient (Wildman–Crippen LogP) is 8.43. The van der Waals surface area contributed by atoms with Crippen molar-refractivity contribution in [1.29, 1.82) is 0 Å². The van der Waals surface area contributed by atoms with Gasteiger partial charge in [0, 0.05) is 0 Å². The zero-order valence-corrected chi connectivity index (χ0v) is 17.6. The van der Waals surface area contributed by atoms with Gasteiger partial charge < -0.3 is 0 Å². The molecule has 31 heavy (non-hydrogen) atoms. The summed E-state index contributed by atoms with van der Waals surface area (Å²) in [4.78, 5) is 0. The topological polar surface area (TPSA) is 9.23 Å². The van der Waals surface area contributed by atoms with Gasteiger partial charge in [-0.3, -0.25) is 0 Å². The average Bonchev–Trinajstić information content (AvgIpc) is 2.66. The largest absolute Gasteiger partial charge is 0.527 e. The molecule has 0 N–H and O–H groups in total. The predicted molar refractivity (Wildman–Crippen MR) is 102 cm³/mol. The highest BCUT2D eigenvalue weighted by atomic mass is 19.4. The molecule has 0 heterocycles. The van der Waals surface area contributed by atoms with Crippen LogP contribution in [-0.4, -0.2) is 6.36 Å². The molecule has 0 bridgehead atoms. The lowest BCUT2D eigenvalue weighted by Gasteiger charge is -2.38. The van der Waals surface area contributed by atoms with E-state index >= 15 is 0 Å². The first-order chi connectivity index (χ1) is 14.5. The van der Waals surface area contributed by atoms with E-state index in [-0.39, 0.29) is 11.5 Å². The van der Waals surface area contributed by atoms with E-state index in [1.165, 1.54) is 38.5 Å². The fourth-order valence-corrected chi connectivity index (χ4v) is 5.58. The van der Waals surface area contributed by atoms with Crippen LogP contribution in [0.5, 0.6) is 0 Å². The van der Waals surface area contributed by atoms with Crippen LogP contribution in [0.4, 0.5) is 30.7 Å². The Hall–Kier alpha value is -1.31. The monoisotopic (exact) mass is 454 g/mol. The normalized spacial score (nSPS) is 28.0. The zero-order valence-electron chi connectivity index (χ0n) is 17.6. The molecule has 0 saturated heterocycles. The lowest BCUT2D eigenvalue weighted by atomic mass is 9.68. The molecule has 0 atom stereocenters. The van der Waals surface area contributed by atoms with Gasteiger partial charge in [0.15, 0.2) is 0 Å². The Bertz CT molecular complexity index is 707. The first kappa shape index (κ1) is 24.3. The minimum atomic E-state index is -5.73. The van der Waals surface area contributed by atoms with E-state index in [0.29, 0.717) is 24.7 Å². The second-order valence-corrected chi connectivity index (χ2v) is 9.11. The lowest BCUT2D eigenvalue weighted by Crippen LogP contribution is -2.30. The molecule has 0 unspecified atom stereocenters. The highest BCUT2D eigenvalue weighted by Gasteiger charge is 2.49. The summed E-state index contributed by atoms with van der Waals surface area (Å²) in [5, 5.41) is 0. The van der Waals surface area contributed by atoms with Crippen LogP contribution in [0.2, 0.25) is 0 Å². The van der Waals surface area contributed by atoms with Crippen molar-refractivity contribution in [2.45, 2.75) is 89.5 Å². The number of halogens is 7. The molecular formula is C23H29F7O. The third-order valence-electron chi connectivity index (χ3n) is 7.10. The van der Waals surface area contributed by atoms with Crippen molar-refractivity contribution < 1.29 is 35.5 Å². The number of ether oxygens (including phenoxy) is 1. The molecule has 1 aromatic rings. The Labute approximate surface area is 178 Å². The van der Waals surface area contributed by atoms with Crippen LogP contribution in [0.3, 0.4) is 0 Å². The molecule has 2 fully saturated rings. The number of hydrogen-bond acceptors (Lipinski definition) is 1. The van der Waals surface area contributed by atoms with E-state index in [4.69, 9.17) is 0 Å². The molecule has 0 aromatic heterocycles. The highest BCUT2D eigenvalue weighted by Crippen LogP contribution is 2.46. The molecule has 1 aromatic carbocycles. The summed E-state index contributed by atoms with van der Waals surface area (Å²) in [6.07, 6.45) is -0.249. The summed E-state index contributed by atoms with van der Waals surface area (Å²) in [5.74, 6) is -1.58. The fraction of sp³-hybridized carbons (Fsp3) is 0.739. The van der Waals surface area contributed by atoms with Crippen LogP contribution in [0, 0.1) is 29.4 Å². The van der Waals surface area contributed by atoms with Crippen molar-refractivity contribution in [2.75, 3.05) is 0 Å².